The van der Waals surface area contributed by atoms with Gasteiger partial charge in [0.1, 0.15) is 0 Å². The van der Waals surface area contributed by atoms with Gasteiger partial charge < -0.3 is 10.0 Å². The lowest BCUT2D eigenvalue weighted by Crippen LogP contribution is -2.30. The Balaban J connectivity index is 1.94. The van der Waals surface area contributed by atoms with Gasteiger partial charge in [-0.1, -0.05) is 18.2 Å². The van der Waals surface area contributed by atoms with Crippen LogP contribution in [0.1, 0.15) is 31.7 Å². The molecule has 1 aromatic carbocycles. The maximum Gasteiger partial charge on any atom is 0.0431 e. The zero-order valence-corrected chi connectivity index (χ0v) is 10.0. The second-order valence-corrected chi connectivity index (χ2v) is 4.66. The summed E-state index contributed by atoms with van der Waals surface area (Å²) in [7, 11) is 0. The van der Waals surface area contributed by atoms with Gasteiger partial charge in [0.15, 0.2) is 0 Å². The van der Waals surface area contributed by atoms with E-state index in [1.54, 1.807) is 0 Å². The highest BCUT2D eigenvalue weighted by Crippen LogP contribution is 2.31. The lowest BCUT2D eigenvalue weighted by Gasteiger charge is -2.24. The van der Waals surface area contributed by atoms with Crippen molar-refractivity contribution in [3.05, 3.63) is 29.8 Å². The number of anilines is 1. The minimum absolute atomic E-state index is 0.326. The molecule has 16 heavy (non-hydrogen) atoms. The Bertz CT molecular complexity index is 337. The van der Waals surface area contributed by atoms with Crippen LogP contribution in [0.4, 0.5) is 5.69 Å². The van der Waals surface area contributed by atoms with Gasteiger partial charge >= 0.3 is 0 Å². The average molecular weight is 219 g/mol. The number of nitrogens with zero attached hydrogens (tertiary/aromatic N) is 1. The summed E-state index contributed by atoms with van der Waals surface area (Å²) in [6, 6.07) is 9.34. The van der Waals surface area contributed by atoms with Gasteiger partial charge in [-0.3, -0.25) is 0 Å². The summed E-state index contributed by atoms with van der Waals surface area (Å²) in [6.07, 6.45) is 4.42. The van der Waals surface area contributed by atoms with E-state index in [-0.39, 0.29) is 0 Å². The molecule has 88 valence electrons. The fourth-order valence-corrected chi connectivity index (χ4v) is 2.54. The zero-order valence-electron chi connectivity index (χ0n) is 10.0. The Morgan fingerprint density at radius 3 is 2.88 bits per heavy atom. The van der Waals surface area contributed by atoms with Gasteiger partial charge in [-0.25, -0.2) is 0 Å². The molecule has 1 N–H and O–H groups in total. The molecule has 1 aliphatic heterocycles. The van der Waals surface area contributed by atoms with E-state index in [0.29, 0.717) is 12.6 Å². The molecule has 1 atom stereocenters. The van der Waals surface area contributed by atoms with Crippen LogP contribution in [0.15, 0.2) is 24.3 Å². The number of fused-ring (bicyclic) bond motifs is 1. The molecule has 0 aliphatic carbocycles. The number of hydrogen-bond donors (Lipinski definition) is 1. The molecule has 2 nitrogen and oxygen atoms in total. The molecule has 2 heteroatoms. The lowest BCUT2D eigenvalue weighted by atomic mass is 10.1. The van der Waals surface area contributed by atoms with E-state index < -0.39 is 0 Å². The van der Waals surface area contributed by atoms with Gasteiger partial charge in [-0.15, -0.1) is 0 Å². The van der Waals surface area contributed by atoms with Gasteiger partial charge in [0.05, 0.1) is 0 Å². The number of unbranched alkanes of at least 4 members (excludes halogenated alkanes) is 2. The molecule has 1 aromatic rings. The van der Waals surface area contributed by atoms with Crippen LogP contribution in [-0.4, -0.2) is 24.3 Å². The van der Waals surface area contributed by atoms with Crippen molar-refractivity contribution in [2.45, 2.75) is 38.6 Å². The maximum atomic E-state index is 8.75. The second kappa shape index (κ2) is 5.35. The topological polar surface area (TPSA) is 23.5 Å². The molecule has 0 bridgehead atoms. The molecule has 1 heterocycles. The molecular formula is C14H21NO. The van der Waals surface area contributed by atoms with Crippen LogP contribution in [-0.2, 0) is 6.42 Å². The largest absolute Gasteiger partial charge is 0.396 e. The van der Waals surface area contributed by atoms with Crippen molar-refractivity contribution in [3.63, 3.8) is 0 Å². The number of rotatable bonds is 5. The summed E-state index contributed by atoms with van der Waals surface area (Å²) in [5, 5.41) is 8.75. The molecule has 0 saturated heterocycles. The number of para-hydroxylation sites is 1. The minimum Gasteiger partial charge on any atom is -0.396 e. The predicted molar refractivity (Wildman–Crippen MR) is 67.9 cm³/mol. The highest BCUT2D eigenvalue weighted by molar-refractivity contribution is 5.59. The fraction of sp³-hybridized carbons (Fsp3) is 0.571. The Kier molecular flexibility index (Phi) is 3.83. The summed E-state index contributed by atoms with van der Waals surface area (Å²) in [4.78, 5) is 2.51. The summed E-state index contributed by atoms with van der Waals surface area (Å²) in [6.45, 7) is 3.75. The van der Waals surface area contributed by atoms with Crippen molar-refractivity contribution in [1.29, 1.82) is 0 Å². The first-order valence-corrected chi connectivity index (χ1v) is 6.28. The van der Waals surface area contributed by atoms with Gasteiger partial charge in [0.25, 0.3) is 0 Å². The molecule has 0 radical (unpaired) electrons. The quantitative estimate of drug-likeness (QED) is 0.769. The molecule has 1 aliphatic rings. The van der Waals surface area contributed by atoms with Crippen LogP contribution >= 0.6 is 0 Å². The third-order valence-corrected chi connectivity index (χ3v) is 3.41. The number of aliphatic hydroxyl groups is 1. The van der Waals surface area contributed by atoms with Crippen molar-refractivity contribution < 1.29 is 5.11 Å². The van der Waals surface area contributed by atoms with Gasteiger partial charge in [0, 0.05) is 24.9 Å². The molecular weight excluding hydrogens is 198 g/mol. The van der Waals surface area contributed by atoms with Crippen molar-refractivity contribution >= 4 is 5.69 Å². The first-order chi connectivity index (χ1) is 7.83. The normalized spacial score (nSPS) is 18.9. The number of aliphatic hydroxyl groups excluding tert-OH is 1. The van der Waals surface area contributed by atoms with Crippen molar-refractivity contribution in [2.24, 2.45) is 0 Å². The van der Waals surface area contributed by atoms with E-state index in [2.05, 4.69) is 36.1 Å². The van der Waals surface area contributed by atoms with Crippen LogP contribution in [0.2, 0.25) is 0 Å². The Morgan fingerprint density at radius 1 is 1.25 bits per heavy atom. The molecule has 0 amide bonds. The first-order valence-electron chi connectivity index (χ1n) is 6.28. The van der Waals surface area contributed by atoms with E-state index in [1.807, 2.05) is 0 Å². The van der Waals surface area contributed by atoms with Crippen LogP contribution in [0.25, 0.3) is 0 Å². The molecule has 0 spiro atoms. The highest BCUT2D eigenvalue weighted by atomic mass is 16.2. The lowest BCUT2D eigenvalue weighted by molar-refractivity contribution is 0.283. The zero-order chi connectivity index (χ0) is 11.4. The number of benzene rings is 1. The second-order valence-electron chi connectivity index (χ2n) is 4.66. The van der Waals surface area contributed by atoms with Gasteiger partial charge in [-0.05, 0) is 44.2 Å². The van der Waals surface area contributed by atoms with Crippen LogP contribution in [0, 0.1) is 0 Å². The van der Waals surface area contributed by atoms with Crippen molar-refractivity contribution in [3.8, 4) is 0 Å². The van der Waals surface area contributed by atoms with E-state index in [9.17, 15) is 0 Å². The van der Waals surface area contributed by atoms with Gasteiger partial charge in [-0.2, -0.15) is 0 Å². The first kappa shape index (κ1) is 11.5. The minimum atomic E-state index is 0.326. The standard InChI is InChI=1S/C14H21NO/c1-12-11-13-7-3-4-8-14(13)15(12)9-5-2-6-10-16/h3-4,7-8,12,16H,2,5-6,9-11H2,1H3. The monoisotopic (exact) mass is 219 g/mol. The Labute approximate surface area is 97.9 Å². The fourth-order valence-electron chi connectivity index (χ4n) is 2.54. The summed E-state index contributed by atoms with van der Waals surface area (Å²) >= 11 is 0. The van der Waals surface area contributed by atoms with Crippen LogP contribution in [0.5, 0.6) is 0 Å². The summed E-state index contributed by atoms with van der Waals surface area (Å²) in [5.74, 6) is 0. The smallest absolute Gasteiger partial charge is 0.0431 e. The number of hydrogen-bond acceptors (Lipinski definition) is 2. The average Bonchev–Trinajstić information content (AvgIpc) is 2.61. The third-order valence-electron chi connectivity index (χ3n) is 3.41. The molecule has 0 aromatic heterocycles. The third kappa shape index (κ3) is 2.38. The van der Waals surface area contributed by atoms with E-state index in [0.717, 1.165) is 19.4 Å². The van der Waals surface area contributed by atoms with Gasteiger partial charge in [0.2, 0.25) is 0 Å². The SMILES string of the molecule is CC1Cc2ccccc2N1CCCCCO. The maximum absolute atomic E-state index is 8.75. The van der Waals surface area contributed by atoms with Crippen molar-refractivity contribution in [1.82, 2.24) is 0 Å². The molecule has 2 rings (SSSR count). The summed E-state index contributed by atoms with van der Waals surface area (Å²) in [5.41, 5.74) is 2.90. The van der Waals surface area contributed by atoms with E-state index in [4.69, 9.17) is 5.11 Å². The highest BCUT2D eigenvalue weighted by Gasteiger charge is 2.24. The Morgan fingerprint density at radius 2 is 2.06 bits per heavy atom. The summed E-state index contributed by atoms with van der Waals surface area (Å²) < 4.78 is 0. The molecule has 0 fully saturated rings. The van der Waals surface area contributed by atoms with Crippen molar-refractivity contribution in [2.75, 3.05) is 18.1 Å². The van der Waals surface area contributed by atoms with E-state index in [1.165, 1.54) is 24.1 Å². The molecule has 0 saturated carbocycles. The predicted octanol–water partition coefficient (Wildman–Crippen LogP) is 2.60. The van der Waals surface area contributed by atoms with Crippen LogP contribution < -0.4 is 4.90 Å². The van der Waals surface area contributed by atoms with E-state index >= 15 is 0 Å². The Hall–Kier alpha value is -1.02. The molecule has 1 unspecified atom stereocenters. The van der Waals surface area contributed by atoms with Crippen LogP contribution in [0.3, 0.4) is 0 Å².